The van der Waals surface area contributed by atoms with Crippen LogP contribution < -0.4 is 4.90 Å². The van der Waals surface area contributed by atoms with Gasteiger partial charge in [0.25, 0.3) is 0 Å². The molecule has 11 rings (SSSR count). The second-order valence-electron chi connectivity index (χ2n) is 15.3. The maximum atomic E-state index is 6.33. The Bertz CT molecular complexity index is 3120. The van der Waals surface area contributed by atoms with E-state index in [-0.39, 0.29) is 5.41 Å². The third kappa shape index (κ3) is 4.88. The van der Waals surface area contributed by atoms with Gasteiger partial charge in [-0.1, -0.05) is 153 Å². The first-order valence-electron chi connectivity index (χ1n) is 19.1. The molecule has 1 aliphatic rings. The molecule has 0 spiro atoms. The number of nitrogens with zero attached hydrogens (tertiary/aromatic N) is 1. The third-order valence-corrected chi connectivity index (χ3v) is 11.9. The fourth-order valence-corrected chi connectivity index (χ4v) is 9.15. The minimum Gasteiger partial charge on any atom is -0.456 e. The van der Waals surface area contributed by atoms with Crippen LogP contribution in [0.2, 0.25) is 0 Å². The van der Waals surface area contributed by atoms with Crippen LogP contribution in [-0.4, -0.2) is 0 Å². The molecule has 2 heteroatoms. The molecular formula is C53H37NO. The van der Waals surface area contributed by atoms with E-state index < -0.39 is 0 Å². The molecule has 2 nitrogen and oxygen atoms in total. The van der Waals surface area contributed by atoms with E-state index >= 15 is 0 Å². The van der Waals surface area contributed by atoms with Gasteiger partial charge in [-0.2, -0.15) is 0 Å². The van der Waals surface area contributed by atoms with Crippen LogP contribution in [0.15, 0.2) is 192 Å². The zero-order chi connectivity index (χ0) is 36.7. The van der Waals surface area contributed by atoms with E-state index in [4.69, 9.17) is 4.42 Å². The largest absolute Gasteiger partial charge is 0.456 e. The van der Waals surface area contributed by atoms with Crippen LogP contribution in [0.25, 0.3) is 76.9 Å². The number of benzene rings is 9. The Morgan fingerprint density at radius 1 is 0.382 bits per heavy atom. The number of fused-ring (bicyclic) bond motifs is 8. The van der Waals surface area contributed by atoms with Gasteiger partial charge >= 0.3 is 0 Å². The standard InChI is InChI=1S/C53H37NO/c1-53(2)48-22-8-5-17-42(48)43-30-29-38(32-49(43)53)54(50-23-9-6-18-44(50)41-21-11-14-34-13-3-4-16-39(34)41)37-27-25-35(26-28-37)40-20-12-15-36-31-47-45-19-7-10-24-51(45)55-52(47)33-46(36)40/h3-33H,1-2H3. The molecule has 0 atom stereocenters. The van der Waals surface area contributed by atoms with Crippen molar-refractivity contribution in [1.82, 2.24) is 0 Å². The second kappa shape index (κ2) is 12.1. The average Bonchev–Trinajstić information content (AvgIpc) is 3.71. The van der Waals surface area contributed by atoms with Crippen LogP contribution in [-0.2, 0) is 5.41 Å². The van der Waals surface area contributed by atoms with Gasteiger partial charge in [0.2, 0.25) is 0 Å². The van der Waals surface area contributed by atoms with Crippen LogP contribution in [0, 0.1) is 0 Å². The van der Waals surface area contributed by atoms with Crippen LogP contribution in [0.1, 0.15) is 25.0 Å². The quantitative estimate of drug-likeness (QED) is 0.177. The summed E-state index contributed by atoms with van der Waals surface area (Å²) in [7, 11) is 0. The zero-order valence-corrected chi connectivity index (χ0v) is 30.8. The summed E-state index contributed by atoms with van der Waals surface area (Å²) < 4.78 is 6.33. The van der Waals surface area contributed by atoms with Crippen molar-refractivity contribution in [3.63, 3.8) is 0 Å². The van der Waals surface area contributed by atoms with Gasteiger partial charge in [-0.15, -0.1) is 0 Å². The van der Waals surface area contributed by atoms with E-state index in [1.54, 1.807) is 0 Å². The second-order valence-corrected chi connectivity index (χ2v) is 15.3. The molecule has 1 aromatic heterocycles. The van der Waals surface area contributed by atoms with E-state index in [1.807, 2.05) is 12.1 Å². The summed E-state index contributed by atoms with van der Waals surface area (Å²) in [6.07, 6.45) is 0. The van der Waals surface area contributed by atoms with Crippen LogP contribution in [0.5, 0.6) is 0 Å². The maximum absolute atomic E-state index is 6.33. The maximum Gasteiger partial charge on any atom is 0.136 e. The number of anilines is 3. The molecule has 0 radical (unpaired) electrons. The highest BCUT2D eigenvalue weighted by Gasteiger charge is 2.36. The van der Waals surface area contributed by atoms with E-state index in [0.29, 0.717) is 0 Å². The molecule has 0 N–H and O–H groups in total. The van der Waals surface area contributed by atoms with Crippen molar-refractivity contribution < 1.29 is 4.42 Å². The number of hydrogen-bond donors (Lipinski definition) is 0. The minimum absolute atomic E-state index is 0.119. The van der Waals surface area contributed by atoms with Crippen molar-refractivity contribution in [2.45, 2.75) is 19.3 Å². The molecule has 0 bridgehead atoms. The fourth-order valence-electron chi connectivity index (χ4n) is 9.15. The Kier molecular flexibility index (Phi) is 6.93. The van der Waals surface area contributed by atoms with Gasteiger partial charge in [-0.05, 0) is 109 Å². The van der Waals surface area contributed by atoms with Crippen molar-refractivity contribution in [2.75, 3.05) is 4.90 Å². The van der Waals surface area contributed by atoms with E-state index in [1.165, 1.54) is 60.5 Å². The highest BCUT2D eigenvalue weighted by Crippen LogP contribution is 2.51. The summed E-state index contributed by atoms with van der Waals surface area (Å²) in [5.74, 6) is 0. The Morgan fingerprint density at radius 2 is 1.02 bits per heavy atom. The Balaban J connectivity index is 1.09. The SMILES string of the molecule is CC1(C)c2ccccc2-c2ccc(N(c3ccc(-c4cccc5cc6c(cc45)oc4ccccc46)cc3)c3ccccc3-c3cccc4ccccc34)cc21. The van der Waals surface area contributed by atoms with Crippen molar-refractivity contribution in [2.24, 2.45) is 0 Å². The van der Waals surface area contributed by atoms with Crippen molar-refractivity contribution in [3.05, 3.63) is 199 Å². The molecule has 1 heterocycles. The van der Waals surface area contributed by atoms with Crippen LogP contribution >= 0.6 is 0 Å². The van der Waals surface area contributed by atoms with Gasteiger partial charge in [-0.3, -0.25) is 0 Å². The molecule has 9 aromatic carbocycles. The first kappa shape index (κ1) is 31.6. The molecule has 0 fully saturated rings. The Labute approximate surface area is 320 Å². The first-order valence-corrected chi connectivity index (χ1v) is 19.1. The molecule has 0 saturated carbocycles. The highest BCUT2D eigenvalue weighted by atomic mass is 16.3. The van der Waals surface area contributed by atoms with Crippen LogP contribution in [0.3, 0.4) is 0 Å². The topological polar surface area (TPSA) is 16.4 Å². The molecule has 10 aromatic rings. The van der Waals surface area contributed by atoms with Gasteiger partial charge in [0.05, 0.1) is 5.69 Å². The smallest absolute Gasteiger partial charge is 0.136 e. The first-order chi connectivity index (χ1) is 27.0. The Hall–Kier alpha value is -6.90. The molecular weight excluding hydrogens is 667 g/mol. The molecule has 0 aliphatic heterocycles. The number of furan rings is 1. The normalized spacial score (nSPS) is 13.1. The molecule has 55 heavy (non-hydrogen) atoms. The van der Waals surface area contributed by atoms with Gasteiger partial charge < -0.3 is 9.32 Å². The molecule has 0 saturated heterocycles. The molecule has 1 aliphatic carbocycles. The molecule has 0 unspecified atom stereocenters. The summed E-state index contributed by atoms with van der Waals surface area (Å²) in [4.78, 5) is 2.45. The zero-order valence-electron chi connectivity index (χ0n) is 30.8. The van der Waals surface area contributed by atoms with Crippen LogP contribution in [0.4, 0.5) is 17.1 Å². The highest BCUT2D eigenvalue weighted by molar-refractivity contribution is 6.12. The van der Waals surface area contributed by atoms with Gasteiger partial charge in [-0.25, -0.2) is 0 Å². The molecule has 260 valence electrons. The monoisotopic (exact) mass is 703 g/mol. The summed E-state index contributed by atoms with van der Waals surface area (Å²) in [6.45, 7) is 4.71. The van der Waals surface area contributed by atoms with Gasteiger partial charge in [0.15, 0.2) is 0 Å². The third-order valence-electron chi connectivity index (χ3n) is 11.9. The summed E-state index contributed by atoms with van der Waals surface area (Å²) in [6, 6.07) is 68.5. The predicted octanol–water partition coefficient (Wildman–Crippen LogP) is 15.0. The van der Waals surface area contributed by atoms with Crippen molar-refractivity contribution >= 4 is 60.5 Å². The fraction of sp³-hybridized carbons (Fsp3) is 0.0566. The number of para-hydroxylation sites is 2. The van der Waals surface area contributed by atoms with Gasteiger partial charge in [0.1, 0.15) is 11.2 Å². The molecule has 0 amide bonds. The summed E-state index contributed by atoms with van der Waals surface area (Å²) >= 11 is 0. The van der Waals surface area contributed by atoms with Crippen molar-refractivity contribution in [1.29, 1.82) is 0 Å². The number of rotatable bonds is 5. The van der Waals surface area contributed by atoms with E-state index in [0.717, 1.165) is 44.6 Å². The summed E-state index contributed by atoms with van der Waals surface area (Å²) in [5.41, 5.74) is 15.2. The number of hydrogen-bond acceptors (Lipinski definition) is 2. The van der Waals surface area contributed by atoms with E-state index in [9.17, 15) is 0 Å². The lowest BCUT2D eigenvalue weighted by Gasteiger charge is -2.30. The Morgan fingerprint density at radius 3 is 1.89 bits per heavy atom. The summed E-state index contributed by atoms with van der Waals surface area (Å²) in [5, 5.41) is 7.16. The lowest BCUT2D eigenvalue weighted by Crippen LogP contribution is -2.16. The minimum atomic E-state index is -0.119. The average molecular weight is 704 g/mol. The predicted molar refractivity (Wildman–Crippen MR) is 232 cm³/mol. The van der Waals surface area contributed by atoms with Crippen molar-refractivity contribution in [3.8, 4) is 33.4 Å². The van der Waals surface area contributed by atoms with Gasteiger partial charge in [0, 0.05) is 33.1 Å². The lowest BCUT2D eigenvalue weighted by molar-refractivity contribution is 0.660. The lowest BCUT2D eigenvalue weighted by atomic mass is 9.82. The van der Waals surface area contributed by atoms with E-state index in [2.05, 4.69) is 195 Å².